The maximum Gasteiger partial charge on any atom is 0.254 e. The Bertz CT molecular complexity index is 576. The second-order valence-electron chi connectivity index (χ2n) is 4.75. The summed E-state index contributed by atoms with van der Waals surface area (Å²) in [5, 5.41) is 0. The number of carbonyl (C=O) groups is 1. The molecule has 0 spiro atoms. The molecule has 1 heterocycles. The van der Waals surface area contributed by atoms with Gasteiger partial charge in [0.05, 0.1) is 12.8 Å². The minimum absolute atomic E-state index is 0.0696. The monoisotopic (exact) mass is 319 g/mol. The van der Waals surface area contributed by atoms with Crippen LogP contribution < -0.4 is 0 Å². The Morgan fingerprint density at radius 3 is 2.79 bits per heavy atom. The summed E-state index contributed by atoms with van der Waals surface area (Å²) < 4.78 is 6.27. The van der Waals surface area contributed by atoms with E-state index >= 15 is 0 Å². The summed E-state index contributed by atoms with van der Waals surface area (Å²) in [4.78, 5) is 14.5. The first-order chi connectivity index (χ1) is 9.24. The van der Waals surface area contributed by atoms with Crippen LogP contribution in [0.1, 0.15) is 29.0 Å². The Hall–Kier alpha value is -1.55. The molecule has 1 aliphatic carbocycles. The van der Waals surface area contributed by atoms with Gasteiger partial charge < -0.3 is 9.32 Å². The lowest BCUT2D eigenvalue weighted by Gasteiger charge is -2.21. The highest BCUT2D eigenvalue weighted by Gasteiger charge is 2.33. The van der Waals surface area contributed by atoms with Crippen LogP contribution in [0.15, 0.2) is 51.6 Å². The molecule has 0 saturated heterocycles. The van der Waals surface area contributed by atoms with Crippen molar-refractivity contribution >= 4 is 21.8 Å². The average molecular weight is 320 g/mol. The van der Waals surface area contributed by atoms with Gasteiger partial charge in [0.15, 0.2) is 0 Å². The second kappa shape index (κ2) is 5.21. The largest absolute Gasteiger partial charge is 0.467 e. The number of carbonyl (C=O) groups excluding carboxylic acids is 1. The topological polar surface area (TPSA) is 33.5 Å². The lowest BCUT2D eigenvalue weighted by molar-refractivity contribution is 0.0717. The lowest BCUT2D eigenvalue weighted by Crippen LogP contribution is -2.32. The van der Waals surface area contributed by atoms with Gasteiger partial charge in [-0.1, -0.05) is 22.0 Å². The van der Waals surface area contributed by atoms with Crippen molar-refractivity contribution in [2.75, 3.05) is 0 Å². The van der Waals surface area contributed by atoms with Gasteiger partial charge >= 0.3 is 0 Å². The van der Waals surface area contributed by atoms with Crippen LogP contribution in [0.3, 0.4) is 0 Å². The zero-order chi connectivity index (χ0) is 13.2. The van der Waals surface area contributed by atoms with Crippen molar-refractivity contribution in [1.29, 1.82) is 0 Å². The van der Waals surface area contributed by atoms with Gasteiger partial charge in [0.25, 0.3) is 5.91 Å². The first kappa shape index (κ1) is 12.5. The summed E-state index contributed by atoms with van der Waals surface area (Å²) in [6.45, 7) is 0.545. The molecule has 19 heavy (non-hydrogen) atoms. The molecule has 1 aromatic carbocycles. The van der Waals surface area contributed by atoms with E-state index in [1.54, 1.807) is 6.26 Å². The van der Waals surface area contributed by atoms with Gasteiger partial charge in [0.2, 0.25) is 0 Å². The molecular weight excluding hydrogens is 306 g/mol. The molecule has 0 aliphatic heterocycles. The molecule has 0 radical (unpaired) electrons. The molecule has 3 nitrogen and oxygen atoms in total. The van der Waals surface area contributed by atoms with E-state index in [0.29, 0.717) is 18.2 Å². The van der Waals surface area contributed by atoms with Crippen LogP contribution in [0.4, 0.5) is 0 Å². The third kappa shape index (κ3) is 2.89. The zero-order valence-corrected chi connectivity index (χ0v) is 12.0. The van der Waals surface area contributed by atoms with E-state index in [1.807, 2.05) is 41.3 Å². The van der Waals surface area contributed by atoms with Gasteiger partial charge in [-0.3, -0.25) is 4.79 Å². The highest BCUT2D eigenvalue weighted by atomic mass is 79.9. The Kier molecular flexibility index (Phi) is 3.42. The molecule has 1 aromatic heterocycles. The fourth-order valence-electron chi connectivity index (χ4n) is 2.11. The molecular formula is C15H14BrNO2. The van der Waals surface area contributed by atoms with Crippen LogP contribution in [0.2, 0.25) is 0 Å². The van der Waals surface area contributed by atoms with E-state index in [0.717, 1.165) is 23.1 Å². The first-order valence-electron chi connectivity index (χ1n) is 6.33. The molecule has 2 aromatic rings. The fraction of sp³-hybridized carbons (Fsp3) is 0.267. The van der Waals surface area contributed by atoms with Crippen molar-refractivity contribution in [3.8, 4) is 0 Å². The van der Waals surface area contributed by atoms with Gasteiger partial charge in [-0.05, 0) is 43.2 Å². The van der Waals surface area contributed by atoms with Crippen molar-refractivity contribution in [2.24, 2.45) is 0 Å². The number of nitrogens with zero attached hydrogens (tertiary/aromatic N) is 1. The normalized spacial score (nSPS) is 14.4. The molecule has 1 amide bonds. The Morgan fingerprint density at radius 2 is 2.16 bits per heavy atom. The van der Waals surface area contributed by atoms with E-state index in [1.165, 1.54) is 0 Å². The summed E-state index contributed by atoms with van der Waals surface area (Å²) in [7, 11) is 0. The molecule has 0 N–H and O–H groups in total. The standard InChI is InChI=1S/C15H14BrNO2/c16-12-4-1-3-11(9-12)15(18)17(13-6-7-13)10-14-5-2-8-19-14/h1-5,8-9,13H,6-7,10H2. The van der Waals surface area contributed by atoms with Crippen molar-refractivity contribution in [3.05, 3.63) is 58.5 Å². The highest BCUT2D eigenvalue weighted by molar-refractivity contribution is 9.10. The van der Waals surface area contributed by atoms with Gasteiger partial charge in [-0.25, -0.2) is 0 Å². The van der Waals surface area contributed by atoms with E-state index in [2.05, 4.69) is 15.9 Å². The summed E-state index contributed by atoms with van der Waals surface area (Å²) in [6, 6.07) is 11.6. The predicted octanol–water partition coefficient (Wildman–Crippen LogP) is 3.85. The molecule has 0 atom stereocenters. The van der Waals surface area contributed by atoms with E-state index in [9.17, 15) is 4.79 Å². The quantitative estimate of drug-likeness (QED) is 0.857. The predicted molar refractivity (Wildman–Crippen MR) is 75.7 cm³/mol. The van der Waals surface area contributed by atoms with E-state index in [4.69, 9.17) is 4.42 Å². The van der Waals surface area contributed by atoms with Gasteiger partial charge in [0, 0.05) is 16.1 Å². The Labute approximate surface area is 120 Å². The number of benzene rings is 1. The van der Waals surface area contributed by atoms with Gasteiger partial charge in [0.1, 0.15) is 5.76 Å². The Morgan fingerprint density at radius 1 is 1.32 bits per heavy atom. The second-order valence-corrected chi connectivity index (χ2v) is 5.67. The van der Waals surface area contributed by atoms with Crippen LogP contribution in [0, 0.1) is 0 Å². The number of hydrogen-bond acceptors (Lipinski definition) is 2. The number of halogens is 1. The summed E-state index contributed by atoms with van der Waals surface area (Å²) in [6.07, 6.45) is 3.81. The van der Waals surface area contributed by atoms with Gasteiger partial charge in [-0.2, -0.15) is 0 Å². The SMILES string of the molecule is O=C(c1cccc(Br)c1)N(Cc1ccco1)C1CC1. The lowest BCUT2D eigenvalue weighted by atomic mass is 10.2. The summed E-state index contributed by atoms with van der Waals surface area (Å²) >= 11 is 3.40. The van der Waals surface area contributed by atoms with Crippen LogP contribution in [-0.2, 0) is 6.54 Å². The zero-order valence-electron chi connectivity index (χ0n) is 10.4. The maximum atomic E-state index is 12.6. The van der Waals surface area contributed by atoms with E-state index < -0.39 is 0 Å². The fourth-order valence-corrected chi connectivity index (χ4v) is 2.51. The smallest absolute Gasteiger partial charge is 0.254 e. The highest BCUT2D eigenvalue weighted by Crippen LogP contribution is 2.30. The molecule has 1 aliphatic rings. The van der Waals surface area contributed by atoms with Crippen LogP contribution in [-0.4, -0.2) is 16.8 Å². The van der Waals surface area contributed by atoms with Crippen molar-refractivity contribution in [1.82, 2.24) is 4.90 Å². The van der Waals surface area contributed by atoms with Crippen molar-refractivity contribution in [2.45, 2.75) is 25.4 Å². The van der Waals surface area contributed by atoms with Gasteiger partial charge in [-0.15, -0.1) is 0 Å². The third-order valence-electron chi connectivity index (χ3n) is 3.23. The van der Waals surface area contributed by atoms with Crippen LogP contribution in [0.25, 0.3) is 0 Å². The molecule has 0 unspecified atom stereocenters. The number of hydrogen-bond donors (Lipinski definition) is 0. The number of rotatable bonds is 4. The molecule has 1 fully saturated rings. The Balaban J connectivity index is 1.82. The van der Waals surface area contributed by atoms with E-state index in [-0.39, 0.29) is 5.91 Å². The molecule has 98 valence electrons. The van der Waals surface area contributed by atoms with Crippen LogP contribution in [0.5, 0.6) is 0 Å². The first-order valence-corrected chi connectivity index (χ1v) is 7.12. The van der Waals surface area contributed by atoms with Crippen molar-refractivity contribution in [3.63, 3.8) is 0 Å². The maximum absolute atomic E-state index is 12.6. The average Bonchev–Trinajstić information content (AvgIpc) is 3.12. The molecule has 1 saturated carbocycles. The summed E-state index contributed by atoms with van der Waals surface area (Å²) in [5.41, 5.74) is 0.716. The molecule has 3 rings (SSSR count). The number of amides is 1. The van der Waals surface area contributed by atoms with Crippen LogP contribution >= 0.6 is 15.9 Å². The molecule has 0 bridgehead atoms. The van der Waals surface area contributed by atoms with Crippen molar-refractivity contribution < 1.29 is 9.21 Å². The third-order valence-corrected chi connectivity index (χ3v) is 3.72. The summed E-state index contributed by atoms with van der Waals surface area (Å²) in [5.74, 6) is 0.899. The molecule has 4 heteroatoms. The minimum Gasteiger partial charge on any atom is -0.467 e. The minimum atomic E-state index is 0.0696. The number of furan rings is 1.